The van der Waals surface area contributed by atoms with Gasteiger partial charge in [0.05, 0.1) is 0 Å². The molecule has 1 aliphatic rings. The maximum atomic E-state index is 5.91. The van der Waals surface area contributed by atoms with Crippen LogP contribution in [-0.2, 0) is 0 Å². The monoisotopic (exact) mass is 242 g/mol. The van der Waals surface area contributed by atoms with Gasteiger partial charge in [-0.05, 0) is 37.1 Å². The van der Waals surface area contributed by atoms with Crippen molar-refractivity contribution in [1.82, 2.24) is 0 Å². The van der Waals surface area contributed by atoms with E-state index in [1.165, 1.54) is 0 Å². The van der Waals surface area contributed by atoms with Crippen molar-refractivity contribution in [3.63, 3.8) is 0 Å². The second-order valence-electron chi connectivity index (χ2n) is 4.53. The Kier molecular flexibility index (Phi) is 2.13. The van der Waals surface area contributed by atoms with E-state index in [2.05, 4.69) is 0 Å². The van der Waals surface area contributed by atoms with Crippen molar-refractivity contribution < 1.29 is 9.47 Å². The van der Waals surface area contributed by atoms with Crippen molar-refractivity contribution in [1.29, 1.82) is 0 Å². The van der Waals surface area contributed by atoms with E-state index >= 15 is 0 Å². The van der Waals surface area contributed by atoms with E-state index in [0.717, 1.165) is 11.1 Å². The highest BCUT2D eigenvalue weighted by atomic mass is 16.6. The molecular weight excluding hydrogens is 228 g/mol. The molecule has 4 N–H and O–H groups in total. The van der Waals surface area contributed by atoms with Crippen LogP contribution in [0, 0.1) is 13.8 Å². The third-order valence-electron chi connectivity index (χ3n) is 2.95. The Hall–Kier alpha value is -2.36. The molecule has 1 aliphatic heterocycles. The summed E-state index contributed by atoms with van der Waals surface area (Å²) >= 11 is 0. The normalized spacial score (nSPS) is 12.1. The van der Waals surface area contributed by atoms with E-state index in [-0.39, 0.29) is 0 Å². The zero-order valence-corrected chi connectivity index (χ0v) is 10.3. The highest BCUT2D eigenvalue weighted by molar-refractivity contribution is 5.66. The highest BCUT2D eigenvalue weighted by Crippen LogP contribution is 2.49. The van der Waals surface area contributed by atoms with E-state index in [9.17, 15) is 0 Å². The van der Waals surface area contributed by atoms with Crippen LogP contribution in [0.5, 0.6) is 23.0 Å². The van der Waals surface area contributed by atoms with Crippen LogP contribution in [0.3, 0.4) is 0 Å². The number of nitrogen functional groups attached to an aromatic ring is 2. The molecule has 0 fully saturated rings. The Balaban J connectivity index is 2.18. The Morgan fingerprint density at radius 3 is 1.61 bits per heavy atom. The molecule has 2 aromatic rings. The minimum Gasteiger partial charge on any atom is -0.449 e. The van der Waals surface area contributed by atoms with Crippen LogP contribution < -0.4 is 20.9 Å². The molecule has 0 saturated heterocycles. The van der Waals surface area contributed by atoms with Crippen molar-refractivity contribution >= 4 is 11.4 Å². The lowest BCUT2D eigenvalue weighted by molar-refractivity contribution is 0.356. The van der Waals surface area contributed by atoms with Crippen molar-refractivity contribution in [3.8, 4) is 23.0 Å². The molecule has 0 unspecified atom stereocenters. The molecule has 0 radical (unpaired) electrons. The second-order valence-corrected chi connectivity index (χ2v) is 4.53. The first-order chi connectivity index (χ1) is 8.54. The van der Waals surface area contributed by atoms with E-state index in [0.29, 0.717) is 34.4 Å². The zero-order valence-electron chi connectivity index (χ0n) is 10.3. The smallest absolute Gasteiger partial charge is 0.173 e. The number of hydrogen-bond acceptors (Lipinski definition) is 4. The fraction of sp³-hybridized carbons (Fsp3) is 0.143. The molecule has 4 heteroatoms. The maximum absolute atomic E-state index is 5.91. The van der Waals surface area contributed by atoms with Crippen LogP contribution in [0.25, 0.3) is 0 Å². The number of fused-ring (bicyclic) bond motifs is 2. The molecular formula is C14H14N2O2. The Morgan fingerprint density at radius 2 is 1.17 bits per heavy atom. The van der Waals surface area contributed by atoms with Crippen LogP contribution in [0.4, 0.5) is 11.4 Å². The Morgan fingerprint density at radius 1 is 0.722 bits per heavy atom. The number of rotatable bonds is 0. The maximum Gasteiger partial charge on any atom is 0.173 e. The minimum atomic E-state index is 0.630. The van der Waals surface area contributed by atoms with Gasteiger partial charge < -0.3 is 20.9 Å². The number of benzene rings is 2. The Bertz CT molecular complexity index is 595. The van der Waals surface area contributed by atoms with Crippen molar-refractivity contribution in [3.05, 3.63) is 35.4 Å². The van der Waals surface area contributed by atoms with Crippen molar-refractivity contribution in [2.24, 2.45) is 0 Å². The molecule has 4 nitrogen and oxygen atoms in total. The number of aryl methyl sites for hydroxylation is 2. The van der Waals surface area contributed by atoms with Crippen LogP contribution in [0.15, 0.2) is 24.3 Å². The van der Waals surface area contributed by atoms with Gasteiger partial charge in [-0.2, -0.15) is 0 Å². The average Bonchev–Trinajstić information content (AvgIpc) is 2.26. The van der Waals surface area contributed by atoms with Crippen LogP contribution >= 0.6 is 0 Å². The summed E-state index contributed by atoms with van der Waals surface area (Å²) in [5.74, 6) is 2.68. The van der Waals surface area contributed by atoms with Gasteiger partial charge in [-0.25, -0.2) is 0 Å². The van der Waals surface area contributed by atoms with Gasteiger partial charge in [0.25, 0.3) is 0 Å². The molecule has 2 aromatic carbocycles. The van der Waals surface area contributed by atoms with Gasteiger partial charge in [-0.1, -0.05) is 0 Å². The van der Waals surface area contributed by atoms with Crippen LogP contribution in [0.2, 0.25) is 0 Å². The molecule has 3 rings (SSSR count). The van der Waals surface area contributed by atoms with Crippen molar-refractivity contribution in [2.75, 3.05) is 11.5 Å². The lowest BCUT2D eigenvalue weighted by Crippen LogP contribution is -2.04. The summed E-state index contributed by atoms with van der Waals surface area (Å²) < 4.78 is 11.7. The quantitative estimate of drug-likeness (QED) is 0.593. The lowest BCUT2D eigenvalue weighted by Gasteiger charge is -2.24. The minimum absolute atomic E-state index is 0.630. The fourth-order valence-corrected chi connectivity index (χ4v) is 2.17. The third kappa shape index (κ3) is 1.54. The van der Waals surface area contributed by atoms with Crippen LogP contribution in [0.1, 0.15) is 11.1 Å². The van der Waals surface area contributed by atoms with Gasteiger partial charge in [0, 0.05) is 23.5 Å². The van der Waals surface area contributed by atoms with Crippen LogP contribution in [-0.4, -0.2) is 0 Å². The summed E-state index contributed by atoms with van der Waals surface area (Å²) in [4.78, 5) is 0. The zero-order chi connectivity index (χ0) is 12.9. The largest absolute Gasteiger partial charge is 0.449 e. The molecule has 0 aromatic heterocycles. The molecule has 0 saturated carbocycles. The molecule has 0 amide bonds. The molecule has 0 atom stereocenters. The first-order valence-corrected chi connectivity index (χ1v) is 5.70. The number of nitrogens with two attached hydrogens (primary N) is 2. The average molecular weight is 242 g/mol. The van der Waals surface area contributed by atoms with Crippen molar-refractivity contribution in [2.45, 2.75) is 13.8 Å². The Labute approximate surface area is 105 Å². The summed E-state index contributed by atoms with van der Waals surface area (Å²) in [7, 11) is 0. The lowest BCUT2D eigenvalue weighted by atomic mass is 10.1. The first kappa shape index (κ1) is 10.8. The van der Waals surface area contributed by atoms with Gasteiger partial charge in [0.15, 0.2) is 23.0 Å². The van der Waals surface area contributed by atoms with E-state index in [1.54, 1.807) is 12.1 Å². The predicted octanol–water partition coefficient (Wildman–Crippen LogP) is 3.37. The van der Waals surface area contributed by atoms with Gasteiger partial charge in [-0.3, -0.25) is 0 Å². The number of anilines is 2. The van der Waals surface area contributed by atoms with Gasteiger partial charge in [0.2, 0.25) is 0 Å². The standard InChI is InChI=1S/C14H14N2O2/c1-7-3-9(15)5-11-13(7)18-14-8(2)4-10(16)6-12(14)17-11/h3-6H,15-16H2,1-2H3. The van der Waals surface area contributed by atoms with E-state index < -0.39 is 0 Å². The molecule has 1 heterocycles. The topological polar surface area (TPSA) is 70.5 Å². The summed E-state index contributed by atoms with van der Waals surface area (Å²) in [5.41, 5.74) is 14.8. The highest BCUT2D eigenvalue weighted by Gasteiger charge is 2.22. The molecule has 0 bridgehead atoms. The number of hydrogen-bond donors (Lipinski definition) is 2. The number of ether oxygens (including phenoxy) is 2. The fourth-order valence-electron chi connectivity index (χ4n) is 2.17. The van der Waals surface area contributed by atoms with Gasteiger partial charge in [0.1, 0.15) is 0 Å². The second kappa shape index (κ2) is 3.57. The van der Waals surface area contributed by atoms with E-state index in [4.69, 9.17) is 20.9 Å². The SMILES string of the molecule is Cc1cc(N)cc2c1Oc1c(C)cc(N)cc1O2. The summed E-state index contributed by atoms with van der Waals surface area (Å²) in [5, 5.41) is 0. The molecule has 18 heavy (non-hydrogen) atoms. The van der Waals surface area contributed by atoms with E-state index in [1.807, 2.05) is 26.0 Å². The summed E-state index contributed by atoms with van der Waals surface area (Å²) in [6.45, 7) is 3.88. The first-order valence-electron chi connectivity index (χ1n) is 5.70. The molecule has 0 spiro atoms. The summed E-state index contributed by atoms with van der Waals surface area (Å²) in [6, 6.07) is 7.23. The predicted molar refractivity (Wildman–Crippen MR) is 71.3 cm³/mol. The molecule has 92 valence electrons. The van der Waals surface area contributed by atoms with Gasteiger partial charge in [-0.15, -0.1) is 0 Å². The molecule has 0 aliphatic carbocycles. The van der Waals surface area contributed by atoms with Gasteiger partial charge >= 0.3 is 0 Å². The third-order valence-corrected chi connectivity index (χ3v) is 2.95. The summed E-state index contributed by atoms with van der Waals surface area (Å²) in [6.07, 6.45) is 0.